The number of likely N-dealkylation sites (tertiary alicyclic amines) is 1. The Kier molecular flexibility index (Phi) is 10.2. The van der Waals surface area contributed by atoms with Crippen LogP contribution in [0.4, 0.5) is 0 Å². The summed E-state index contributed by atoms with van der Waals surface area (Å²) >= 11 is 0. The van der Waals surface area contributed by atoms with Crippen molar-refractivity contribution < 1.29 is 19.2 Å². The van der Waals surface area contributed by atoms with Gasteiger partial charge >= 0.3 is 0 Å². The van der Waals surface area contributed by atoms with E-state index in [9.17, 15) is 19.2 Å². The van der Waals surface area contributed by atoms with Crippen molar-refractivity contribution in [3.05, 3.63) is 96.0 Å². The van der Waals surface area contributed by atoms with E-state index in [0.717, 1.165) is 40.6 Å². The molecule has 1 fully saturated rings. The van der Waals surface area contributed by atoms with Crippen molar-refractivity contribution in [3.8, 4) is 22.4 Å². The fourth-order valence-corrected chi connectivity index (χ4v) is 5.67. The summed E-state index contributed by atoms with van der Waals surface area (Å²) in [7, 11) is 1.87. The van der Waals surface area contributed by atoms with Crippen molar-refractivity contribution in [2.75, 3.05) is 13.1 Å². The van der Waals surface area contributed by atoms with Gasteiger partial charge in [0, 0.05) is 74.3 Å². The molecular formula is C36H42N8O4. The topological polar surface area (TPSA) is 143 Å². The molecule has 4 aromatic rings. The van der Waals surface area contributed by atoms with Gasteiger partial charge in [-0.25, -0.2) is 0 Å². The van der Waals surface area contributed by atoms with Gasteiger partial charge in [0.05, 0.1) is 17.9 Å². The van der Waals surface area contributed by atoms with E-state index < -0.39 is 11.8 Å². The van der Waals surface area contributed by atoms with Crippen LogP contribution in [0, 0.1) is 5.41 Å². The molecule has 0 unspecified atom stereocenters. The van der Waals surface area contributed by atoms with Gasteiger partial charge in [-0.3, -0.25) is 39.4 Å². The zero-order valence-electron chi connectivity index (χ0n) is 28.0. The third-order valence-electron chi connectivity index (χ3n) is 8.24. The first kappa shape index (κ1) is 33.8. The quantitative estimate of drug-likeness (QED) is 0.166. The average Bonchev–Trinajstić information content (AvgIpc) is 3.73. The molecule has 1 aliphatic rings. The van der Waals surface area contributed by atoms with Crippen molar-refractivity contribution in [2.24, 2.45) is 12.5 Å². The monoisotopic (exact) mass is 650 g/mol. The molecule has 1 saturated heterocycles. The largest absolute Gasteiger partial charge is 0.346 e. The molecule has 3 N–H and O–H groups in total. The summed E-state index contributed by atoms with van der Waals surface area (Å²) in [6.07, 6.45) is 8.30. The van der Waals surface area contributed by atoms with Crippen LogP contribution in [-0.2, 0) is 34.4 Å². The molecule has 1 atom stereocenters. The lowest BCUT2D eigenvalue weighted by atomic mass is 9.84. The second-order valence-corrected chi connectivity index (χ2v) is 12.9. The van der Waals surface area contributed by atoms with E-state index in [2.05, 4.69) is 46.3 Å². The molecule has 0 bridgehead atoms. The number of rotatable bonds is 11. The number of nitrogens with zero attached hydrogens (tertiary/aromatic N) is 5. The number of benzene rings is 2. The van der Waals surface area contributed by atoms with E-state index in [1.807, 2.05) is 68.3 Å². The summed E-state index contributed by atoms with van der Waals surface area (Å²) in [6.45, 7) is 10.1. The van der Waals surface area contributed by atoms with Crippen LogP contribution in [0.15, 0.2) is 79.3 Å². The first-order chi connectivity index (χ1) is 22.9. The highest BCUT2D eigenvalue weighted by atomic mass is 16.2. The molecular weight excluding hydrogens is 608 g/mol. The minimum atomic E-state index is -0.611. The Hall–Kier alpha value is -5.52. The molecule has 0 spiro atoms. The van der Waals surface area contributed by atoms with Gasteiger partial charge < -0.3 is 10.2 Å². The highest BCUT2D eigenvalue weighted by molar-refractivity contribution is 5.98. The smallest absolute Gasteiger partial charge is 0.262 e. The molecule has 5 rings (SSSR count). The van der Waals surface area contributed by atoms with Crippen molar-refractivity contribution in [1.29, 1.82) is 0 Å². The third kappa shape index (κ3) is 8.44. The van der Waals surface area contributed by atoms with Crippen LogP contribution in [-0.4, -0.2) is 61.2 Å². The Bertz CT molecular complexity index is 1850. The number of nitrogens with one attached hydrogen (secondary N) is 3. The van der Waals surface area contributed by atoms with E-state index in [-0.39, 0.29) is 36.1 Å². The summed E-state index contributed by atoms with van der Waals surface area (Å²) in [4.78, 5) is 52.0. The zero-order valence-corrected chi connectivity index (χ0v) is 28.0. The number of aromatic nitrogens is 4. The minimum Gasteiger partial charge on any atom is -0.346 e. The molecule has 1 aliphatic heterocycles. The van der Waals surface area contributed by atoms with Crippen LogP contribution in [0.3, 0.4) is 0 Å². The molecule has 2 aromatic carbocycles. The maximum Gasteiger partial charge on any atom is 0.262 e. The number of aryl methyl sites for hydroxylation is 3. The van der Waals surface area contributed by atoms with E-state index in [1.165, 1.54) is 6.08 Å². The van der Waals surface area contributed by atoms with Crippen LogP contribution in [0.25, 0.3) is 22.4 Å². The lowest BCUT2D eigenvalue weighted by Crippen LogP contribution is -2.55. The van der Waals surface area contributed by atoms with Gasteiger partial charge in [0.25, 0.3) is 11.8 Å². The maximum atomic E-state index is 13.6. The van der Waals surface area contributed by atoms with Gasteiger partial charge in [0.15, 0.2) is 0 Å². The van der Waals surface area contributed by atoms with E-state index >= 15 is 0 Å². The van der Waals surface area contributed by atoms with E-state index in [4.69, 9.17) is 0 Å². The standard InChI is InChI=1S/C36H42N8O4/c1-6-44-16-15-31(41-44)28-18-26(17-27(19-28)29-20-37-42(5)21-29)24(2)38-35(48)30-10-8-7-9-25(30)11-12-32(45)39-40-33(46)13-14-34(47)43-22-36(3,4)23-43/h7-10,13-21,24H,6,11-12,22-23H2,1-5H3,(H,38,48)(H,39,45)(H,40,46)/b14-13+/t24-/m1/s1. The van der Waals surface area contributed by atoms with Crippen molar-refractivity contribution >= 4 is 23.6 Å². The number of hydrogen-bond acceptors (Lipinski definition) is 6. The van der Waals surface area contributed by atoms with Gasteiger partial charge in [0.1, 0.15) is 0 Å². The third-order valence-corrected chi connectivity index (χ3v) is 8.24. The minimum absolute atomic E-state index is 0.0343. The van der Waals surface area contributed by atoms with Gasteiger partial charge in [0.2, 0.25) is 11.8 Å². The molecule has 4 amide bonds. The fourth-order valence-electron chi connectivity index (χ4n) is 5.67. The van der Waals surface area contributed by atoms with Crippen molar-refractivity contribution in [1.82, 2.24) is 40.6 Å². The Morgan fingerprint density at radius 3 is 2.42 bits per heavy atom. The molecule has 0 radical (unpaired) electrons. The second-order valence-electron chi connectivity index (χ2n) is 12.9. The molecule has 0 aliphatic carbocycles. The van der Waals surface area contributed by atoms with Crippen molar-refractivity contribution in [3.63, 3.8) is 0 Å². The Balaban J connectivity index is 1.20. The van der Waals surface area contributed by atoms with Gasteiger partial charge in [-0.05, 0) is 72.7 Å². The number of carbonyl (C=O) groups excluding carboxylic acids is 4. The molecule has 0 saturated carbocycles. The molecule has 250 valence electrons. The Morgan fingerprint density at radius 2 is 1.73 bits per heavy atom. The average molecular weight is 651 g/mol. The number of hydrogen-bond donors (Lipinski definition) is 3. The normalized spacial score (nSPS) is 14.3. The number of amides is 4. The summed E-state index contributed by atoms with van der Waals surface area (Å²) in [6, 6.07) is 14.9. The van der Waals surface area contributed by atoms with Gasteiger partial charge in [-0.15, -0.1) is 0 Å². The molecule has 2 aromatic heterocycles. The number of hydrazine groups is 1. The zero-order chi connectivity index (χ0) is 34.4. The molecule has 12 heteroatoms. The first-order valence-corrected chi connectivity index (χ1v) is 16.0. The lowest BCUT2D eigenvalue weighted by molar-refractivity contribution is -0.136. The van der Waals surface area contributed by atoms with E-state index in [0.29, 0.717) is 24.2 Å². The van der Waals surface area contributed by atoms with Crippen LogP contribution < -0.4 is 16.2 Å². The van der Waals surface area contributed by atoms with Crippen molar-refractivity contribution in [2.45, 2.75) is 53.1 Å². The molecule has 48 heavy (non-hydrogen) atoms. The summed E-state index contributed by atoms with van der Waals surface area (Å²) in [5.74, 6) is -1.55. The summed E-state index contributed by atoms with van der Waals surface area (Å²) in [5.41, 5.74) is 10.5. The van der Waals surface area contributed by atoms with Gasteiger partial charge in [-0.1, -0.05) is 32.0 Å². The highest BCUT2D eigenvalue weighted by Gasteiger charge is 2.36. The summed E-state index contributed by atoms with van der Waals surface area (Å²) < 4.78 is 3.62. The van der Waals surface area contributed by atoms with Gasteiger partial charge in [-0.2, -0.15) is 10.2 Å². The predicted molar refractivity (Wildman–Crippen MR) is 182 cm³/mol. The summed E-state index contributed by atoms with van der Waals surface area (Å²) in [5, 5.41) is 12.1. The van der Waals surface area contributed by atoms with Crippen LogP contribution in [0.1, 0.15) is 61.6 Å². The SMILES string of the molecule is CCn1ccc(-c2cc(-c3cnn(C)c3)cc([C@@H](C)NC(=O)c3ccccc3CCC(=O)NNC(=O)/C=C/C(=O)N3CC(C)(C)C3)c2)n1. The highest BCUT2D eigenvalue weighted by Crippen LogP contribution is 2.31. The Morgan fingerprint density at radius 1 is 0.979 bits per heavy atom. The Labute approximate surface area is 280 Å². The molecule has 12 nitrogen and oxygen atoms in total. The maximum absolute atomic E-state index is 13.6. The lowest BCUT2D eigenvalue weighted by Gasteiger charge is -2.45. The van der Waals surface area contributed by atoms with Crippen LogP contribution in [0.2, 0.25) is 0 Å². The van der Waals surface area contributed by atoms with Crippen LogP contribution >= 0.6 is 0 Å². The van der Waals surface area contributed by atoms with Crippen LogP contribution in [0.5, 0.6) is 0 Å². The van der Waals surface area contributed by atoms with E-state index in [1.54, 1.807) is 27.9 Å². The second kappa shape index (κ2) is 14.5. The first-order valence-electron chi connectivity index (χ1n) is 16.0. The molecule has 3 heterocycles. The fraction of sp³-hybridized carbons (Fsp3) is 0.333. The number of carbonyl (C=O) groups is 4. The predicted octanol–water partition coefficient (Wildman–Crippen LogP) is 3.97.